The predicted molar refractivity (Wildman–Crippen MR) is 84.7 cm³/mol. The van der Waals surface area contributed by atoms with Gasteiger partial charge in [-0.3, -0.25) is 0 Å². The van der Waals surface area contributed by atoms with Crippen molar-refractivity contribution in [2.24, 2.45) is 5.92 Å². The van der Waals surface area contributed by atoms with Gasteiger partial charge in [0.25, 0.3) is 0 Å². The zero-order valence-electron chi connectivity index (χ0n) is 12.8. The first-order valence-electron chi connectivity index (χ1n) is 6.55. The maximum absolute atomic E-state index is 12.3. The molecule has 21 heavy (non-hydrogen) atoms. The van der Waals surface area contributed by atoms with Crippen LogP contribution in [-0.2, 0) is 16.6 Å². The standard InChI is InChI=1S/C14H22ClNO4S/c1-11(8-15)10-21(17,18)16(2)9-12-6-5-7-13(19-3)14(12)20-4/h5-7,11H,8-10H2,1-4H3. The maximum atomic E-state index is 12.3. The molecule has 1 atom stereocenters. The van der Waals surface area contributed by atoms with Gasteiger partial charge in [-0.2, -0.15) is 0 Å². The summed E-state index contributed by atoms with van der Waals surface area (Å²) in [7, 11) is 1.27. The molecular formula is C14H22ClNO4S. The summed E-state index contributed by atoms with van der Waals surface area (Å²) in [5.41, 5.74) is 0.751. The zero-order chi connectivity index (χ0) is 16.0. The first-order chi connectivity index (χ1) is 9.85. The van der Waals surface area contributed by atoms with E-state index < -0.39 is 10.0 Å². The summed E-state index contributed by atoms with van der Waals surface area (Å²) in [6, 6.07) is 5.39. The van der Waals surface area contributed by atoms with Gasteiger partial charge in [0.1, 0.15) is 0 Å². The number of sulfonamides is 1. The predicted octanol–water partition coefficient (Wildman–Crippen LogP) is 2.34. The second-order valence-corrected chi connectivity index (χ2v) is 7.38. The quantitative estimate of drug-likeness (QED) is 0.684. The van der Waals surface area contributed by atoms with Crippen LogP contribution in [0.5, 0.6) is 11.5 Å². The molecular weight excluding hydrogens is 314 g/mol. The second kappa shape index (κ2) is 7.87. The van der Waals surface area contributed by atoms with Gasteiger partial charge in [-0.15, -0.1) is 11.6 Å². The number of methoxy groups -OCH3 is 2. The van der Waals surface area contributed by atoms with Gasteiger partial charge >= 0.3 is 0 Å². The van der Waals surface area contributed by atoms with Crippen molar-refractivity contribution in [1.29, 1.82) is 0 Å². The average molecular weight is 336 g/mol. The molecule has 0 radical (unpaired) electrons. The normalized spacial score (nSPS) is 13.2. The molecule has 5 nitrogen and oxygen atoms in total. The van der Waals surface area contributed by atoms with Gasteiger partial charge in [-0.1, -0.05) is 19.1 Å². The first kappa shape index (κ1) is 18.1. The van der Waals surface area contributed by atoms with Crippen LogP contribution in [0.1, 0.15) is 12.5 Å². The molecule has 0 aliphatic heterocycles. The van der Waals surface area contributed by atoms with Crippen LogP contribution in [0, 0.1) is 5.92 Å². The third-order valence-corrected chi connectivity index (χ3v) is 5.71. The van der Waals surface area contributed by atoms with Crippen molar-refractivity contribution < 1.29 is 17.9 Å². The highest BCUT2D eigenvalue weighted by Crippen LogP contribution is 2.31. The lowest BCUT2D eigenvalue weighted by molar-refractivity contribution is 0.347. The molecule has 0 fully saturated rings. The number of hydrogen-bond acceptors (Lipinski definition) is 4. The Morgan fingerprint density at radius 3 is 2.48 bits per heavy atom. The van der Waals surface area contributed by atoms with Gasteiger partial charge < -0.3 is 9.47 Å². The van der Waals surface area contributed by atoms with E-state index in [0.717, 1.165) is 5.56 Å². The highest BCUT2D eigenvalue weighted by atomic mass is 35.5. The van der Waals surface area contributed by atoms with Gasteiger partial charge in [0.2, 0.25) is 10.0 Å². The van der Waals surface area contributed by atoms with E-state index in [0.29, 0.717) is 17.4 Å². The van der Waals surface area contributed by atoms with Crippen molar-refractivity contribution in [2.45, 2.75) is 13.5 Å². The highest BCUT2D eigenvalue weighted by molar-refractivity contribution is 7.89. The fourth-order valence-electron chi connectivity index (χ4n) is 1.95. The summed E-state index contributed by atoms with van der Waals surface area (Å²) in [5, 5.41) is 0. The van der Waals surface area contributed by atoms with Crippen LogP contribution < -0.4 is 9.47 Å². The monoisotopic (exact) mass is 335 g/mol. The Morgan fingerprint density at radius 1 is 1.29 bits per heavy atom. The average Bonchev–Trinajstić information content (AvgIpc) is 2.46. The Balaban J connectivity index is 2.95. The first-order valence-corrected chi connectivity index (χ1v) is 8.70. The largest absolute Gasteiger partial charge is 0.493 e. The van der Waals surface area contributed by atoms with E-state index in [-0.39, 0.29) is 18.2 Å². The minimum absolute atomic E-state index is 0.0271. The number of para-hydroxylation sites is 1. The van der Waals surface area contributed by atoms with Crippen molar-refractivity contribution in [1.82, 2.24) is 4.31 Å². The lowest BCUT2D eigenvalue weighted by Crippen LogP contribution is -2.31. The Kier molecular flexibility index (Phi) is 6.77. The van der Waals surface area contributed by atoms with Crippen molar-refractivity contribution in [3.8, 4) is 11.5 Å². The van der Waals surface area contributed by atoms with Gasteiger partial charge in [0, 0.05) is 25.0 Å². The summed E-state index contributed by atoms with van der Waals surface area (Å²) in [5.74, 6) is 1.38. The Bertz CT molecular complexity index is 562. The molecule has 0 aliphatic rings. The van der Waals surface area contributed by atoms with Crippen molar-refractivity contribution in [3.05, 3.63) is 23.8 Å². The zero-order valence-corrected chi connectivity index (χ0v) is 14.4. The summed E-state index contributed by atoms with van der Waals surface area (Å²) < 4.78 is 36.4. The third kappa shape index (κ3) is 4.76. The fourth-order valence-corrected chi connectivity index (χ4v) is 3.61. The summed E-state index contributed by atoms with van der Waals surface area (Å²) >= 11 is 5.69. The number of rotatable bonds is 8. The molecule has 1 rings (SSSR count). The van der Waals surface area contributed by atoms with Crippen LogP contribution in [0.25, 0.3) is 0 Å². The summed E-state index contributed by atoms with van der Waals surface area (Å²) in [6.45, 7) is 2.03. The minimum Gasteiger partial charge on any atom is -0.493 e. The fraction of sp³-hybridized carbons (Fsp3) is 0.571. The molecule has 1 unspecified atom stereocenters. The van der Waals surface area contributed by atoms with Crippen LogP contribution in [0.2, 0.25) is 0 Å². The number of ether oxygens (including phenoxy) is 2. The van der Waals surface area contributed by atoms with Gasteiger partial charge in [0.05, 0.1) is 20.0 Å². The number of hydrogen-bond donors (Lipinski definition) is 0. The van der Waals surface area contributed by atoms with Crippen LogP contribution in [0.15, 0.2) is 18.2 Å². The molecule has 120 valence electrons. The van der Waals surface area contributed by atoms with E-state index in [2.05, 4.69) is 0 Å². The lowest BCUT2D eigenvalue weighted by Gasteiger charge is -2.21. The molecule has 0 saturated heterocycles. The van der Waals surface area contributed by atoms with Crippen molar-refractivity contribution >= 4 is 21.6 Å². The topological polar surface area (TPSA) is 55.8 Å². The van der Waals surface area contributed by atoms with Crippen molar-refractivity contribution in [2.75, 3.05) is 32.9 Å². The molecule has 0 saturated carbocycles. The Morgan fingerprint density at radius 2 is 1.95 bits per heavy atom. The molecule has 0 amide bonds. The van der Waals surface area contributed by atoms with E-state index in [4.69, 9.17) is 21.1 Å². The molecule has 1 aromatic rings. The van der Waals surface area contributed by atoms with Crippen molar-refractivity contribution in [3.63, 3.8) is 0 Å². The van der Waals surface area contributed by atoms with E-state index in [9.17, 15) is 8.42 Å². The molecule has 0 spiro atoms. The van der Waals surface area contributed by atoms with E-state index >= 15 is 0 Å². The Hall–Kier alpha value is -0.980. The summed E-state index contributed by atoms with van der Waals surface area (Å²) in [6.07, 6.45) is 0. The maximum Gasteiger partial charge on any atom is 0.214 e. The van der Waals surface area contributed by atoms with Gasteiger partial charge in [-0.05, 0) is 12.0 Å². The highest BCUT2D eigenvalue weighted by Gasteiger charge is 2.22. The van der Waals surface area contributed by atoms with Crippen LogP contribution in [0.4, 0.5) is 0 Å². The molecule has 1 aromatic carbocycles. The van der Waals surface area contributed by atoms with Crippen LogP contribution >= 0.6 is 11.6 Å². The van der Waals surface area contributed by atoms with E-state index in [1.807, 2.05) is 13.0 Å². The number of halogens is 1. The number of benzene rings is 1. The molecule has 0 bridgehead atoms. The summed E-state index contributed by atoms with van der Waals surface area (Å²) in [4.78, 5) is 0. The van der Waals surface area contributed by atoms with E-state index in [1.165, 1.54) is 11.4 Å². The second-order valence-electron chi connectivity index (χ2n) is 4.95. The Labute approximate surface area is 131 Å². The molecule has 7 heteroatoms. The van der Waals surface area contributed by atoms with E-state index in [1.54, 1.807) is 26.3 Å². The van der Waals surface area contributed by atoms with Gasteiger partial charge in [0.15, 0.2) is 11.5 Å². The number of alkyl halides is 1. The third-order valence-electron chi connectivity index (χ3n) is 3.11. The molecule has 0 heterocycles. The van der Waals surface area contributed by atoms with Crippen LogP contribution in [0.3, 0.4) is 0 Å². The number of nitrogens with zero attached hydrogens (tertiary/aromatic N) is 1. The lowest BCUT2D eigenvalue weighted by atomic mass is 10.2. The molecule has 0 N–H and O–H groups in total. The van der Waals surface area contributed by atoms with Crippen LogP contribution in [-0.4, -0.2) is 45.6 Å². The molecule has 0 aromatic heterocycles. The molecule has 0 aliphatic carbocycles. The van der Waals surface area contributed by atoms with Gasteiger partial charge in [-0.25, -0.2) is 12.7 Å². The minimum atomic E-state index is -3.36. The SMILES string of the molecule is COc1cccc(CN(C)S(=O)(=O)CC(C)CCl)c1OC. The smallest absolute Gasteiger partial charge is 0.214 e.